The summed E-state index contributed by atoms with van der Waals surface area (Å²) in [5, 5.41) is 8.92. The molecule has 21 heavy (non-hydrogen) atoms. The SMILES string of the molecule is O=C(Cc1ccccn1)N1CCC(C(=O)O)(C(F)(F)F)C1. The van der Waals surface area contributed by atoms with E-state index >= 15 is 0 Å². The Morgan fingerprint density at radius 3 is 2.57 bits per heavy atom. The molecule has 5 nitrogen and oxygen atoms in total. The van der Waals surface area contributed by atoms with Gasteiger partial charge in [-0.1, -0.05) is 6.07 Å². The smallest absolute Gasteiger partial charge is 0.406 e. The maximum atomic E-state index is 13.0. The molecular weight excluding hydrogens is 289 g/mol. The fraction of sp³-hybridized carbons (Fsp3) is 0.462. The number of carbonyl (C=O) groups excluding carboxylic acids is 1. The molecular formula is C13H13F3N2O3. The van der Waals surface area contributed by atoms with Crippen LogP contribution in [-0.2, 0) is 16.0 Å². The van der Waals surface area contributed by atoms with Crippen molar-refractivity contribution in [3.63, 3.8) is 0 Å². The van der Waals surface area contributed by atoms with Gasteiger partial charge in [0, 0.05) is 25.0 Å². The number of hydrogen-bond donors (Lipinski definition) is 1. The minimum atomic E-state index is -4.89. The lowest BCUT2D eigenvalue weighted by atomic mass is 9.86. The van der Waals surface area contributed by atoms with Crippen molar-refractivity contribution in [1.29, 1.82) is 0 Å². The number of alkyl halides is 3. The number of pyridine rings is 1. The van der Waals surface area contributed by atoms with Crippen LogP contribution in [0.4, 0.5) is 13.2 Å². The number of rotatable bonds is 3. The van der Waals surface area contributed by atoms with Gasteiger partial charge in [-0.05, 0) is 18.6 Å². The van der Waals surface area contributed by atoms with Gasteiger partial charge in [0.15, 0.2) is 5.41 Å². The lowest BCUT2D eigenvalue weighted by molar-refractivity contribution is -0.227. The van der Waals surface area contributed by atoms with E-state index in [0.29, 0.717) is 5.69 Å². The predicted octanol–water partition coefficient (Wildman–Crippen LogP) is 1.49. The predicted molar refractivity (Wildman–Crippen MR) is 65.3 cm³/mol. The molecule has 0 saturated carbocycles. The van der Waals surface area contributed by atoms with Crippen molar-refractivity contribution < 1.29 is 27.9 Å². The Labute approximate surface area is 118 Å². The lowest BCUT2D eigenvalue weighted by Gasteiger charge is -2.27. The highest BCUT2D eigenvalue weighted by atomic mass is 19.4. The molecule has 1 aromatic rings. The summed E-state index contributed by atoms with van der Waals surface area (Å²) in [6.45, 7) is -1.07. The van der Waals surface area contributed by atoms with Gasteiger partial charge in [0.05, 0.1) is 6.42 Å². The van der Waals surface area contributed by atoms with Gasteiger partial charge < -0.3 is 10.0 Å². The molecule has 0 spiro atoms. The van der Waals surface area contributed by atoms with Crippen molar-refractivity contribution in [3.05, 3.63) is 30.1 Å². The number of likely N-dealkylation sites (tertiary alicyclic amines) is 1. The monoisotopic (exact) mass is 302 g/mol. The first-order chi connectivity index (χ1) is 9.76. The third kappa shape index (κ3) is 2.84. The van der Waals surface area contributed by atoms with E-state index in [1.54, 1.807) is 18.2 Å². The molecule has 1 fully saturated rings. The van der Waals surface area contributed by atoms with Crippen LogP contribution in [0.3, 0.4) is 0 Å². The number of halogens is 3. The summed E-state index contributed by atoms with van der Waals surface area (Å²) in [6, 6.07) is 4.90. The lowest BCUT2D eigenvalue weighted by Crippen LogP contribution is -2.47. The molecule has 1 atom stereocenters. The molecule has 2 heterocycles. The highest BCUT2D eigenvalue weighted by Crippen LogP contribution is 2.45. The van der Waals surface area contributed by atoms with Gasteiger partial charge in [-0.25, -0.2) is 0 Å². The summed E-state index contributed by atoms with van der Waals surface area (Å²) < 4.78 is 39.0. The van der Waals surface area contributed by atoms with Crippen molar-refractivity contribution in [2.75, 3.05) is 13.1 Å². The molecule has 0 bridgehead atoms. The second kappa shape index (κ2) is 5.34. The minimum Gasteiger partial charge on any atom is -0.481 e. The topological polar surface area (TPSA) is 70.5 Å². The zero-order valence-electron chi connectivity index (χ0n) is 10.9. The molecule has 0 aromatic carbocycles. The first kappa shape index (κ1) is 15.3. The van der Waals surface area contributed by atoms with Gasteiger partial charge in [-0.3, -0.25) is 14.6 Å². The van der Waals surface area contributed by atoms with Crippen LogP contribution in [0.15, 0.2) is 24.4 Å². The highest BCUT2D eigenvalue weighted by Gasteiger charge is 2.64. The summed E-state index contributed by atoms with van der Waals surface area (Å²) in [5.41, 5.74) is -2.44. The highest BCUT2D eigenvalue weighted by molar-refractivity contribution is 5.82. The van der Waals surface area contributed by atoms with Crippen molar-refractivity contribution in [2.24, 2.45) is 5.41 Å². The molecule has 1 aromatic heterocycles. The Bertz CT molecular complexity index is 547. The van der Waals surface area contributed by atoms with Gasteiger partial charge in [-0.15, -0.1) is 0 Å². The number of hydrogen-bond acceptors (Lipinski definition) is 3. The van der Waals surface area contributed by atoms with E-state index in [1.807, 2.05) is 0 Å². The van der Waals surface area contributed by atoms with Crippen LogP contribution in [0, 0.1) is 5.41 Å². The number of aliphatic carboxylic acids is 1. The summed E-state index contributed by atoms with van der Waals surface area (Å²) in [6.07, 6.45) is -4.18. The van der Waals surface area contributed by atoms with Crippen molar-refractivity contribution in [2.45, 2.75) is 19.0 Å². The normalized spacial score (nSPS) is 22.3. The van der Waals surface area contributed by atoms with E-state index in [2.05, 4.69) is 4.98 Å². The van der Waals surface area contributed by atoms with Crippen LogP contribution in [0.1, 0.15) is 12.1 Å². The zero-order chi connectivity index (χ0) is 15.7. The first-order valence-electron chi connectivity index (χ1n) is 6.24. The molecule has 1 unspecified atom stereocenters. The fourth-order valence-electron chi connectivity index (χ4n) is 2.32. The van der Waals surface area contributed by atoms with Crippen LogP contribution in [-0.4, -0.2) is 46.1 Å². The summed E-state index contributed by atoms with van der Waals surface area (Å²) in [5.74, 6) is -2.50. The van der Waals surface area contributed by atoms with Crippen molar-refractivity contribution in [1.82, 2.24) is 9.88 Å². The maximum Gasteiger partial charge on any atom is 0.406 e. The average molecular weight is 302 g/mol. The number of nitrogens with zero attached hydrogens (tertiary/aromatic N) is 2. The Morgan fingerprint density at radius 2 is 2.10 bits per heavy atom. The minimum absolute atomic E-state index is 0.144. The van der Waals surface area contributed by atoms with E-state index in [-0.39, 0.29) is 13.0 Å². The van der Waals surface area contributed by atoms with Crippen LogP contribution < -0.4 is 0 Å². The molecule has 1 aliphatic rings. The Kier molecular flexibility index (Phi) is 3.89. The van der Waals surface area contributed by atoms with Crippen LogP contribution in [0.2, 0.25) is 0 Å². The maximum absolute atomic E-state index is 13.0. The average Bonchev–Trinajstić information content (AvgIpc) is 2.86. The first-order valence-corrected chi connectivity index (χ1v) is 6.24. The number of carbonyl (C=O) groups is 2. The fourth-order valence-corrected chi connectivity index (χ4v) is 2.32. The van der Waals surface area contributed by atoms with Crippen LogP contribution in [0.5, 0.6) is 0 Å². The Balaban J connectivity index is 2.11. The zero-order valence-corrected chi connectivity index (χ0v) is 10.9. The second-order valence-electron chi connectivity index (χ2n) is 4.95. The number of carboxylic acids is 1. The molecule has 8 heteroatoms. The van der Waals surface area contributed by atoms with E-state index in [4.69, 9.17) is 5.11 Å². The van der Waals surface area contributed by atoms with Crippen molar-refractivity contribution >= 4 is 11.9 Å². The van der Waals surface area contributed by atoms with E-state index in [0.717, 1.165) is 4.90 Å². The molecule has 1 N–H and O–H groups in total. The molecule has 114 valence electrons. The van der Waals surface area contributed by atoms with Gasteiger partial charge >= 0.3 is 12.1 Å². The second-order valence-corrected chi connectivity index (χ2v) is 4.95. The molecule has 0 aliphatic carbocycles. The molecule has 1 aliphatic heterocycles. The van der Waals surface area contributed by atoms with Crippen molar-refractivity contribution in [3.8, 4) is 0 Å². The van der Waals surface area contributed by atoms with E-state index in [1.165, 1.54) is 6.20 Å². The summed E-state index contributed by atoms with van der Waals surface area (Å²) >= 11 is 0. The summed E-state index contributed by atoms with van der Waals surface area (Å²) in [4.78, 5) is 27.9. The largest absolute Gasteiger partial charge is 0.481 e. The Morgan fingerprint density at radius 1 is 1.38 bits per heavy atom. The third-order valence-corrected chi connectivity index (χ3v) is 3.63. The summed E-state index contributed by atoms with van der Waals surface area (Å²) in [7, 11) is 0. The number of amides is 1. The quantitative estimate of drug-likeness (QED) is 0.918. The van der Waals surface area contributed by atoms with Gasteiger partial charge in [0.25, 0.3) is 0 Å². The van der Waals surface area contributed by atoms with Gasteiger partial charge in [0.2, 0.25) is 5.91 Å². The van der Waals surface area contributed by atoms with E-state index < -0.39 is 36.4 Å². The third-order valence-electron chi connectivity index (χ3n) is 3.63. The Hall–Kier alpha value is -2.12. The van der Waals surface area contributed by atoms with Crippen LogP contribution in [0.25, 0.3) is 0 Å². The number of carboxylic acid groups (broad SMARTS) is 1. The van der Waals surface area contributed by atoms with Gasteiger partial charge in [-0.2, -0.15) is 13.2 Å². The molecule has 1 amide bonds. The molecule has 1 saturated heterocycles. The van der Waals surface area contributed by atoms with E-state index in [9.17, 15) is 22.8 Å². The standard InChI is InChI=1S/C13H13F3N2O3/c14-13(15,16)12(11(20)21)4-6-18(8-12)10(19)7-9-3-1-2-5-17-9/h1-3,5H,4,6-8H2,(H,20,21). The van der Waals surface area contributed by atoms with Crippen LogP contribution >= 0.6 is 0 Å². The van der Waals surface area contributed by atoms with Gasteiger partial charge in [0.1, 0.15) is 0 Å². The molecule has 0 radical (unpaired) electrons. The molecule has 2 rings (SSSR count). The number of aromatic nitrogens is 1.